The number of rotatable bonds is 6. The Morgan fingerprint density at radius 3 is 2.40 bits per heavy atom. The van der Waals surface area contributed by atoms with E-state index >= 15 is 0 Å². The lowest BCUT2D eigenvalue weighted by Crippen LogP contribution is -2.50. The van der Waals surface area contributed by atoms with Crippen molar-refractivity contribution in [3.8, 4) is 0 Å². The van der Waals surface area contributed by atoms with Crippen LogP contribution in [-0.4, -0.2) is 56.3 Å². The maximum Gasteiger partial charge on any atom is 0.252 e. The Labute approximate surface area is 152 Å². The van der Waals surface area contributed by atoms with Crippen molar-refractivity contribution in [2.24, 2.45) is 0 Å². The molecule has 1 aliphatic heterocycles. The number of carbonyl (C=O) groups is 1. The van der Waals surface area contributed by atoms with Gasteiger partial charge < -0.3 is 5.32 Å². The highest BCUT2D eigenvalue weighted by Gasteiger charge is 2.29. The summed E-state index contributed by atoms with van der Waals surface area (Å²) < 4.78 is 26.8. The van der Waals surface area contributed by atoms with Gasteiger partial charge in [-0.1, -0.05) is 36.4 Å². The summed E-state index contributed by atoms with van der Waals surface area (Å²) in [5.74, 6) is -0.0431. The normalized spacial score (nSPS) is 16.6. The van der Waals surface area contributed by atoms with Crippen LogP contribution in [0.1, 0.15) is 5.56 Å². The van der Waals surface area contributed by atoms with E-state index < -0.39 is 10.0 Å². The lowest BCUT2D eigenvalue weighted by Gasteiger charge is -2.33. The molecule has 8 heteroatoms. The van der Waals surface area contributed by atoms with E-state index in [0.29, 0.717) is 43.5 Å². The molecule has 2 aromatic rings. The fourth-order valence-corrected chi connectivity index (χ4v) is 5.29. The zero-order valence-corrected chi connectivity index (χ0v) is 15.4. The van der Waals surface area contributed by atoms with Crippen LogP contribution in [0.2, 0.25) is 0 Å². The molecule has 0 aliphatic carbocycles. The molecule has 1 amide bonds. The first-order valence-corrected chi connectivity index (χ1v) is 10.4. The van der Waals surface area contributed by atoms with Gasteiger partial charge in [-0.05, 0) is 17.0 Å². The maximum absolute atomic E-state index is 12.5. The Bertz CT molecular complexity index is 784. The largest absolute Gasteiger partial charge is 0.351 e. The molecule has 6 nitrogen and oxygen atoms in total. The molecule has 0 bridgehead atoms. The van der Waals surface area contributed by atoms with Gasteiger partial charge >= 0.3 is 0 Å². The van der Waals surface area contributed by atoms with Crippen LogP contribution in [0.3, 0.4) is 0 Å². The molecule has 1 aromatic carbocycles. The van der Waals surface area contributed by atoms with E-state index in [2.05, 4.69) is 5.32 Å². The quantitative estimate of drug-likeness (QED) is 0.823. The standard InChI is InChI=1S/C17H21N3O3S2/c21-16(18-13-15-5-2-1-3-6-15)14-19-8-10-20(11-9-19)25(22,23)17-7-4-12-24-17/h1-7,12H,8-11,13-14H2,(H,18,21). The number of piperazine rings is 1. The summed E-state index contributed by atoms with van der Waals surface area (Å²) in [4.78, 5) is 14.1. The number of hydrogen-bond donors (Lipinski definition) is 1. The first kappa shape index (κ1) is 18.1. The van der Waals surface area contributed by atoms with Gasteiger partial charge in [-0.3, -0.25) is 9.69 Å². The van der Waals surface area contributed by atoms with E-state index in [0.717, 1.165) is 5.56 Å². The van der Waals surface area contributed by atoms with Crippen LogP contribution in [0.4, 0.5) is 0 Å². The summed E-state index contributed by atoms with van der Waals surface area (Å²) in [6.45, 7) is 2.73. The number of benzene rings is 1. The topological polar surface area (TPSA) is 69.7 Å². The highest BCUT2D eigenvalue weighted by molar-refractivity contribution is 7.91. The van der Waals surface area contributed by atoms with Crippen molar-refractivity contribution in [3.63, 3.8) is 0 Å². The van der Waals surface area contributed by atoms with Gasteiger partial charge in [0.2, 0.25) is 5.91 Å². The molecule has 25 heavy (non-hydrogen) atoms. The molecule has 1 aliphatic rings. The molecule has 134 valence electrons. The smallest absolute Gasteiger partial charge is 0.252 e. The Morgan fingerprint density at radius 2 is 1.76 bits per heavy atom. The third kappa shape index (κ3) is 4.66. The Balaban J connectivity index is 1.45. The summed E-state index contributed by atoms with van der Waals surface area (Å²) in [5, 5.41) is 4.66. The number of hydrogen-bond acceptors (Lipinski definition) is 5. The number of sulfonamides is 1. The predicted molar refractivity (Wildman–Crippen MR) is 97.8 cm³/mol. The average molecular weight is 380 g/mol. The van der Waals surface area contributed by atoms with Gasteiger partial charge in [0.25, 0.3) is 10.0 Å². The molecule has 1 N–H and O–H groups in total. The highest BCUT2D eigenvalue weighted by atomic mass is 32.2. The van der Waals surface area contributed by atoms with Crippen LogP contribution in [0.5, 0.6) is 0 Å². The Kier molecular flexibility index (Phi) is 5.85. The zero-order valence-electron chi connectivity index (χ0n) is 13.8. The lowest BCUT2D eigenvalue weighted by molar-refractivity contribution is -0.122. The second kappa shape index (κ2) is 8.09. The van der Waals surface area contributed by atoms with Crippen LogP contribution in [0.25, 0.3) is 0 Å². The second-order valence-electron chi connectivity index (χ2n) is 5.87. The van der Waals surface area contributed by atoms with Gasteiger partial charge in [-0.15, -0.1) is 11.3 Å². The molecular formula is C17H21N3O3S2. The van der Waals surface area contributed by atoms with Crippen LogP contribution in [0, 0.1) is 0 Å². The summed E-state index contributed by atoms with van der Waals surface area (Å²) in [7, 11) is -3.39. The van der Waals surface area contributed by atoms with Gasteiger partial charge in [0.15, 0.2) is 0 Å². The number of nitrogens with one attached hydrogen (secondary N) is 1. The molecule has 0 spiro atoms. The van der Waals surface area contributed by atoms with Crippen LogP contribution < -0.4 is 5.32 Å². The summed E-state index contributed by atoms with van der Waals surface area (Å²) in [6, 6.07) is 13.1. The summed E-state index contributed by atoms with van der Waals surface area (Å²) in [5.41, 5.74) is 1.06. The van der Waals surface area contributed by atoms with E-state index in [1.807, 2.05) is 35.2 Å². The van der Waals surface area contributed by atoms with Crippen LogP contribution in [-0.2, 0) is 21.4 Å². The predicted octanol–water partition coefficient (Wildman–Crippen LogP) is 1.37. The summed E-state index contributed by atoms with van der Waals surface area (Å²) in [6.07, 6.45) is 0. The van der Waals surface area contributed by atoms with Crippen LogP contribution >= 0.6 is 11.3 Å². The van der Waals surface area contributed by atoms with Crippen molar-refractivity contribution < 1.29 is 13.2 Å². The van der Waals surface area contributed by atoms with Crippen molar-refractivity contribution in [2.75, 3.05) is 32.7 Å². The van der Waals surface area contributed by atoms with Gasteiger partial charge in [0.05, 0.1) is 6.54 Å². The number of nitrogens with zero attached hydrogens (tertiary/aromatic N) is 2. The van der Waals surface area contributed by atoms with Gasteiger partial charge in [-0.25, -0.2) is 8.42 Å². The Morgan fingerprint density at radius 1 is 1.04 bits per heavy atom. The lowest BCUT2D eigenvalue weighted by atomic mass is 10.2. The van der Waals surface area contributed by atoms with E-state index in [1.54, 1.807) is 17.5 Å². The van der Waals surface area contributed by atoms with Crippen molar-refractivity contribution in [2.45, 2.75) is 10.8 Å². The minimum Gasteiger partial charge on any atom is -0.351 e. The molecular weight excluding hydrogens is 358 g/mol. The van der Waals surface area contributed by atoms with Crippen molar-refractivity contribution in [3.05, 3.63) is 53.4 Å². The SMILES string of the molecule is O=C(CN1CCN(S(=O)(=O)c2cccs2)CC1)NCc1ccccc1. The summed E-state index contributed by atoms with van der Waals surface area (Å²) >= 11 is 1.23. The highest BCUT2D eigenvalue weighted by Crippen LogP contribution is 2.21. The van der Waals surface area contributed by atoms with Crippen molar-refractivity contribution in [1.82, 2.24) is 14.5 Å². The monoisotopic (exact) mass is 379 g/mol. The maximum atomic E-state index is 12.5. The molecule has 0 atom stereocenters. The number of thiophene rings is 1. The van der Waals surface area contributed by atoms with E-state index in [4.69, 9.17) is 0 Å². The van der Waals surface area contributed by atoms with E-state index in [-0.39, 0.29) is 5.91 Å². The fraction of sp³-hybridized carbons (Fsp3) is 0.353. The van der Waals surface area contributed by atoms with Gasteiger partial charge in [0.1, 0.15) is 4.21 Å². The molecule has 1 fully saturated rings. The van der Waals surface area contributed by atoms with Crippen LogP contribution in [0.15, 0.2) is 52.1 Å². The van der Waals surface area contributed by atoms with E-state index in [9.17, 15) is 13.2 Å². The van der Waals surface area contributed by atoms with E-state index in [1.165, 1.54) is 15.6 Å². The molecule has 0 unspecified atom stereocenters. The number of amides is 1. The first-order valence-electron chi connectivity index (χ1n) is 8.12. The molecule has 3 rings (SSSR count). The molecule has 1 saturated heterocycles. The van der Waals surface area contributed by atoms with Gasteiger partial charge in [-0.2, -0.15) is 4.31 Å². The van der Waals surface area contributed by atoms with Crippen molar-refractivity contribution >= 4 is 27.3 Å². The second-order valence-corrected chi connectivity index (χ2v) is 8.99. The molecule has 2 heterocycles. The average Bonchev–Trinajstić information content (AvgIpc) is 3.17. The molecule has 1 aromatic heterocycles. The molecule has 0 radical (unpaired) electrons. The Hall–Kier alpha value is -1.74. The number of carbonyl (C=O) groups excluding carboxylic acids is 1. The first-order chi connectivity index (χ1) is 12.1. The zero-order chi connectivity index (χ0) is 17.7. The minimum atomic E-state index is -3.39. The third-order valence-electron chi connectivity index (χ3n) is 4.12. The molecule has 0 saturated carbocycles. The fourth-order valence-electron chi connectivity index (χ4n) is 2.72. The van der Waals surface area contributed by atoms with Crippen molar-refractivity contribution in [1.29, 1.82) is 0 Å². The van der Waals surface area contributed by atoms with Gasteiger partial charge in [0, 0.05) is 32.7 Å². The third-order valence-corrected chi connectivity index (χ3v) is 7.39. The minimum absolute atomic E-state index is 0.0431.